The van der Waals surface area contributed by atoms with Crippen molar-refractivity contribution in [3.05, 3.63) is 75.6 Å². The Labute approximate surface area is 161 Å². The molecule has 0 saturated carbocycles. The fourth-order valence-electron chi connectivity index (χ4n) is 3.11. The first-order valence-corrected chi connectivity index (χ1v) is 9.07. The minimum absolute atomic E-state index is 0.122. The van der Waals surface area contributed by atoms with E-state index < -0.39 is 0 Å². The zero-order valence-corrected chi connectivity index (χ0v) is 15.5. The molecule has 4 rings (SSSR count). The maximum Gasteiger partial charge on any atom is 0.251 e. The third kappa shape index (κ3) is 3.91. The van der Waals surface area contributed by atoms with Gasteiger partial charge < -0.3 is 19.8 Å². The van der Waals surface area contributed by atoms with Crippen molar-refractivity contribution in [1.29, 1.82) is 0 Å². The number of aromatic amines is 1. The number of hydrogen-bond donors (Lipinski definition) is 2. The van der Waals surface area contributed by atoms with Crippen LogP contribution >= 0.6 is 0 Å². The van der Waals surface area contributed by atoms with Crippen molar-refractivity contribution in [3.63, 3.8) is 0 Å². The number of rotatable bonds is 5. The van der Waals surface area contributed by atoms with Crippen LogP contribution in [0.2, 0.25) is 0 Å². The van der Waals surface area contributed by atoms with Crippen LogP contribution in [0.5, 0.6) is 11.5 Å². The van der Waals surface area contributed by atoms with E-state index in [0.717, 1.165) is 22.0 Å². The van der Waals surface area contributed by atoms with E-state index in [4.69, 9.17) is 9.47 Å². The number of aryl methyl sites for hydroxylation is 1. The van der Waals surface area contributed by atoms with Crippen LogP contribution in [0.1, 0.15) is 16.7 Å². The molecule has 6 heteroatoms. The molecule has 0 radical (unpaired) electrons. The summed E-state index contributed by atoms with van der Waals surface area (Å²) in [6.45, 7) is 2.58. The molecule has 0 bridgehead atoms. The first-order chi connectivity index (χ1) is 13.6. The predicted octanol–water partition coefficient (Wildman–Crippen LogP) is 2.94. The first kappa shape index (κ1) is 17.9. The van der Waals surface area contributed by atoms with Gasteiger partial charge in [-0.3, -0.25) is 9.59 Å². The second-order valence-corrected chi connectivity index (χ2v) is 6.70. The Hall–Kier alpha value is -3.54. The number of amides is 1. The Morgan fingerprint density at radius 1 is 1.14 bits per heavy atom. The van der Waals surface area contributed by atoms with Crippen LogP contribution < -0.4 is 20.3 Å². The van der Waals surface area contributed by atoms with Crippen molar-refractivity contribution in [2.45, 2.75) is 13.3 Å². The highest BCUT2D eigenvalue weighted by atomic mass is 16.7. The van der Waals surface area contributed by atoms with Crippen LogP contribution in [0, 0.1) is 6.92 Å². The molecule has 1 aromatic heterocycles. The molecule has 2 N–H and O–H groups in total. The number of pyridine rings is 1. The van der Waals surface area contributed by atoms with Crippen molar-refractivity contribution < 1.29 is 14.3 Å². The molecule has 1 aliphatic heterocycles. The second kappa shape index (κ2) is 7.60. The zero-order chi connectivity index (χ0) is 19.5. The molecule has 0 fully saturated rings. The molecular formula is C22H20N2O4. The molecule has 6 nitrogen and oxygen atoms in total. The summed E-state index contributed by atoms with van der Waals surface area (Å²) in [5.41, 5.74) is 3.29. The molecule has 28 heavy (non-hydrogen) atoms. The van der Waals surface area contributed by atoms with Crippen molar-refractivity contribution in [2.75, 3.05) is 13.3 Å². The van der Waals surface area contributed by atoms with Gasteiger partial charge in [0, 0.05) is 23.7 Å². The van der Waals surface area contributed by atoms with Crippen LogP contribution in [0.15, 0.2) is 53.3 Å². The predicted molar refractivity (Wildman–Crippen MR) is 108 cm³/mol. The number of fused-ring (bicyclic) bond motifs is 2. The minimum Gasteiger partial charge on any atom is -0.454 e. The standard InChI is InChI=1S/C22H20N2O4/c1-14-2-5-16-12-17(22(26)24-18(16)10-14)8-9-23-21(25)7-4-15-3-6-19-20(11-15)28-13-27-19/h2-7,10-12H,8-9,13H2,1H3,(H,23,25)(H,24,26)/b7-4+. The molecule has 2 heterocycles. The summed E-state index contributed by atoms with van der Waals surface area (Å²) in [5, 5.41) is 3.78. The molecule has 1 amide bonds. The van der Waals surface area contributed by atoms with Crippen molar-refractivity contribution >= 4 is 22.9 Å². The summed E-state index contributed by atoms with van der Waals surface area (Å²) in [7, 11) is 0. The minimum atomic E-state index is -0.217. The topological polar surface area (TPSA) is 80.4 Å². The molecule has 2 aromatic carbocycles. The molecule has 3 aromatic rings. The third-order valence-electron chi connectivity index (χ3n) is 4.60. The lowest BCUT2D eigenvalue weighted by molar-refractivity contribution is -0.116. The summed E-state index contributed by atoms with van der Waals surface area (Å²) >= 11 is 0. The van der Waals surface area contributed by atoms with Crippen molar-refractivity contribution in [1.82, 2.24) is 10.3 Å². The van der Waals surface area contributed by atoms with E-state index in [1.807, 2.05) is 49.4 Å². The molecule has 142 valence electrons. The van der Waals surface area contributed by atoms with Gasteiger partial charge in [0.15, 0.2) is 11.5 Å². The Balaban J connectivity index is 1.35. The summed E-state index contributed by atoms with van der Waals surface area (Å²) in [4.78, 5) is 27.2. The van der Waals surface area contributed by atoms with E-state index in [-0.39, 0.29) is 18.3 Å². The smallest absolute Gasteiger partial charge is 0.251 e. The molecule has 0 atom stereocenters. The molecule has 0 spiro atoms. The number of ether oxygens (including phenoxy) is 2. The third-order valence-corrected chi connectivity index (χ3v) is 4.60. The Morgan fingerprint density at radius 3 is 2.89 bits per heavy atom. The zero-order valence-electron chi connectivity index (χ0n) is 15.5. The number of H-pyrrole nitrogens is 1. The number of carbonyl (C=O) groups is 1. The average Bonchev–Trinajstić information content (AvgIpc) is 3.14. The van der Waals surface area contributed by atoms with Gasteiger partial charge in [-0.1, -0.05) is 18.2 Å². The van der Waals surface area contributed by atoms with E-state index in [1.54, 1.807) is 6.08 Å². The van der Waals surface area contributed by atoms with E-state index in [9.17, 15) is 9.59 Å². The normalized spacial score (nSPS) is 12.6. The van der Waals surface area contributed by atoms with Gasteiger partial charge in [-0.2, -0.15) is 0 Å². The van der Waals surface area contributed by atoms with E-state index >= 15 is 0 Å². The maximum absolute atomic E-state index is 12.2. The highest BCUT2D eigenvalue weighted by Crippen LogP contribution is 2.32. The van der Waals surface area contributed by atoms with Crippen LogP contribution in [-0.4, -0.2) is 24.2 Å². The number of benzene rings is 2. The lowest BCUT2D eigenvalue weighted by atomic mass is 10.1. The number of aromatic nitrogens is 1. The molecule has 0 saturated heterocycles. The van der Waals surface area contributed by atoms with Crippen molar-refractivity contribution in [3.8, 4) is 11.5 Å². The molecular weight excluding hydrogens is 356 g/mol. The SMILES string of the molecule is Cc1ccc2cc(CCNC(=O)/C=C/c3ccc4c(c3)OCO4)c(=O)[nH]c2c1. The highest BCUT2D eigenvalue weighted by Gasteiger charge is 2.12. The van der Waals surface area contributed by atoms with Crippen LogP contribution in [-0.2, 0) is 11.2 Å². The van der Waals surface area contributed by atoms with Gasteiger partial charge in [-0.15, -0.1) is 0 Å². The van der Waals surface area contributed by atoms with Gasteiger partial charge in [-0.05, 0) is 60.2 Å². The molecule has 0 unspecified atom stereocenters. The lowest BCUT2D eigenvalue weighted by Crippen LogP contribution is -2.25. The van der Waals surface area contributed by atoms with E-state index in [0.29, 0.717) is 30.0 Å². The quantitative estimate of drug-likeness (QED) is 0.671. The number of nitrogens with one attached hydrogen (secondary N) is 2. The van der Waals surface area contributed by atoms with Gasteiger partial charge in [0.2, 0.25) is 12.7 Å². The van der Waals surface area contributed by atoms with Crippen LogP contribution in [0.4, 0.5) is 0 Å². The fraction of sp³-hybridized carbons (Fsp3) is 0.182. The first-order valence-electron chi connectivity index (χ1n) is 9.07. The summed E-state index contributed by atoms with van der Waals surface area (Å²) < 4.78 is 10.6. The summed E-state index contributed by atoms with van der Waals surface area (Å²) in [5.74, 6) is 1.16. The summed E-state index contributed by atoms with van der Waals surface area (Å²) in [6.07, 6.45) is 3.64. The maximum atomic E-state index is 12.2. The Kier molecular flexibility index (Phi) is 4.85. The number of hydrogen-bond acceptors (Lipinski definition) is 4. The van der Waals surface area contributed by atoms with Gasteiger partial charge in [0.25, 0.3) is 5.56 Å². The highest BCUT2D eigenvalue weighted by molar-refractivity contribution is 5.91. The van der Waals surface area contributed by atoms with E-state index in [1.165, 1.54) is 6.08 Å². The number of carbonyl (C=O) groups excluding carboxylic acids is 1. The van der Waals surface area contributed by atoms with E-state index in [2.05, 4.69) is 10.3 Å². The van der Waals surface area contributed by atoms with Crippen LogP contribution in [0.25, 0.3) is 17.0 Å². The monoisotopic (exact) mass is 376 g/mol. The molecule has 0 aliphatic carbocycles. The molecule has 1 aliphatic rings. The van der Waals surface area contributed by atoms with Gasteiger partial charge >= 0.3 is 0 Å². The Bertz CT molecular complexity index is 1130. The van der Waals surface area contributed by atoms with Gasteiger partial charge in [0.1, 0.15) is 0 Å². The van der Waals surface area contributed by atoms with Gasteiger partial charge in [0.05, 0.1) is 0 Å². The van der Waals surface area contributed by atoms with Crippen LogP contribution in [0.3, 0.4) is 0 Å². The second-order valence-electron chi connectivity index (χ2n) is 6.70. The Morgan fingerprint density at radius 2 is 2.00 bits per heavy atom. The fourth-order valence-corrected chi connectivity index (χ4v) is 3.11. The van der Waals surface area contributed by atoms with Crippen molar-refractivity contribution in [2.24, 2.45) is 0 Å². The largest absolute Gasteiger partial charge is 0.454 e. The summed E-state index contributed by atoms with van der Waals surface area (Å²) in [6, 6.07) is 13.3. The lowest BCUT2D eigenvalue weighted by Gasteiger charge is -2.05. The van der Waals surface area contributed by atoms with Gasteiger partial charge in [-0.25, -0.2) is 0 Å². The average molecular weight is 376 g/mol.